The number of alkyl halides is 2. The molecule has 1 aliphatic rings. The smallest absolute Gasteiger partial charge is 0.292 e. The number of fused-ring (bicyclic) bond motifs is 1. The molecule has 146 valence electrons. The molecule has 1 saturated heterocycles. The number of aromatic nitrogens is 3. The fourth-order valence-corrected chi connectivity index (χ4v) is 3.82. The van der Waals surface area contributed by atoms with Crippen LogP contribution in [0.4, 0.5) is 13.2 Å². The minimum absolute atomic E-state index is 0.207. The van der Waals surface area contributed by atoms with Crippen LogP contribution < -0.4 is 0 Å². The Labute approximate surface area is 159 Å². The molecule has 0 N–H and O–H groups in total. The number of nitrogens with zero attached hydrogens (tertiary/aromatic N) is 4. The molecule has 0 unspecified atom stereocenters. The van der Waals surface area contributed by atoms with Crippen molar-refractivity contribution in [2.45, 2.75) is 32.1 Å². The summed E-state index contributed by atoms with van der Waals surface area (Å²) in [5.74, 6) is -1.10. The van der Waals surface area contributed by atoms with Gasteiger partial charge in [-0.15, -0.1) is 10.2 Å². The fourth-order valence-electron chi connectivity index (χ4n) is 3.82. The van der Waals surface area contributed by atoms with Crippen LogP contribution in [0.15, 0.2) is 36.5 Å². The van der Waals surface area contributed by atoms with Gasteiger partial charge in [0.25, 0.3) is 12.3 Å². The third-order valence-electron chi connectivity index (χ3n) is 5.27. The van der Waals surface area contributed by atoms with Gasteiger partial charge in [0.1, 0.15) is 5.82 Å². The van der Waals surface area contributed by atoms with Gasteiger partial charge in [-0.2, -0.15) is 0 Å². The molecule has 1 amide bonds. The molecule has 28 heavy (non-hydrogen) atoms. The van der Waals surface area contributed by atoms with E-state index in [-0.39, 0.29) is 17.6 Å². The second-order valence-electron chi connectivity index (χ2n) is 7.07. The molecule has 1 fully saturated rings. The Morgan fingerprint density at radius 2 is 1.89 bits per heavy atom. The highest BCUT2D eigenvalue weighted by atomic mass is 19.3. The number of likely N-dealkylation sites (tertiary alicyclic amines) is 1. The first kappa shape index (κ1) is 18.5. The Bertz CT molecular complexity index is 1030. The highest BCUT2D eigenvalue weighted by molar-refractivity contribution is 5.91. The Hall–Kier alpha value is -2.90. The first-order valence-electron chi connectivity index (χ1n) is 9.13. The molecular weight excluding hydrogens is 369 g/mol. The van der Waals surface area contributed by atoms with Crippen LogP contribution >= 0.6 is 0 Å². The van der Waals surface area contributed by atoms with E-state index in [2.05, 4.69) is 10.2 Å². The minimum atomic E-state index is -2.86. The van der Waals surface area contributed by atoms with Crippen molar-refractivity contribution in [1.82, 2.24) is 19.5 Å². The largest absolute Gasteiger partial charge is 0.336 e. The molecular formula is C20H19F3N4O. The number of piperidine rings is 1. The Balaban J connectivity index is 1.52. The van der Waals surface area contributed by atoms with E-state index in [1.54, 1.807) is 27.6 Å². The number of carbonyl (C=O) groups is 1. The number of benzene rings is 1. The van der Waals surface area contributed by atoms with Crippen molar-refractivity contribution < 1.29 is 18.0 Å². The van der Waals surface area contributed by atoms with Crippen molar-refractivity contribution in [2.24, 2.45) is 0 Å². The van der Waals surface area contributed by atoms with Crippen LogP contribution in [0.3, 0.4) is 0 Å². The number of rotatable bonds is 3. The molecule has 3 aromatic rings. The molecule has 8 heteroatoms. The number of pyridine rings is 1. The lowest BCUT2D eigenvalue weighted by Crippen LogP contribution is -2.39. The summed E-state index contributed by atoms with van der Waals surface area (Å²) in [7, 11) is 0. The summed E-state index contributed by atoms with van der Waals surface area (Å²) in [6.07, 6.45) is -0.0757. The monoisotopic (exact) mass is 388 g/mol. The van der Waals surface area contributed by atoms with Crippen molar-refractivity contribution in [1.29, 1.82) is 0 Å². The molecule has 0 bridgehead atoms. The van der Waals surface area contributed by atoms with Gasteiger partial charge in [0.05, 0.1) is 5.56 Å². The van der Waals surface area contributed by atoms with E-state index in [9.17, 15) is 18.0 Å². The molecule has 1 aliphatic heterocycles. The predicted octanol–water partition coefficient (Wildman–Crippen LogP) is 4.13. The Morgan fingerprint density at radius 3 is 2.61 bits per heavy atom. The first-order valence-corrected chi connectivity index (χ1v) is 9.13. The van der Waals surface area contributed by atoms with E-state index in [1.165, 1.54) is 6.07 Å². The third kappa shape index (κ3) is 3.23. The average Bonchev–Trinajstić information content (AvgIpc) is 3.10. The Kier molecular flexibility index (Phi) is 4.78. The highest BCUT2D eigenvalue weighted by Crippen LogP contribution is 2.36. The third-order valence-corrected chi connectivity index (χ3v) is 5.27. The summed E-state index contributed by atoms with van der Waals surface area (Å²) in [4.78, 5) is 14.5. The zero-order chi connectivity index (χ0) is 19.8. The number of aryl methyl sites for hydroxylation is 1. The number of hydrogen-bond donors (Lipinski definition) is 0. The van der Waals surface area contributed by atoms with Gasteiger partial charge in [-0.1, -0.05) is 18.2 Å². The van der Waals surface area contributed by atoms with Gasteiger partial charge >= 0.3 is 0 Å². The number of carbonyl (C=O) groups excluding carboxylic acids is 1. The summed E-state index contributed by atoms with van der Waals surface area (Å²) in [6.45, 7) is 2.70. The van der Waals surface area contributed by atoms with Crippen molar-refractivity contribution in [3.05, 3.63) is 64.9 Å². The molecule has 0 aliphatic carbocycles. The summed E-state index contributed by atoms with van der Waals surface area (Å²) >= 11 is 0. The van der Waals surface area contributed by atoms with Gasteiger partial charge in [-0.05, 0) is 48.9 Å². The van der Waals surface area contributed by atoms with Crippen molar-refractivity contribution in [2.75, 3.05) is 13.1 Å². The van der Waals surface area contributed by atoms with Gasteiger partial charge in [0.15, 0.2) is 5.65 Å². The molecule has 3 heterocycles. The maximum Gasteiger partial charge on any atom is 0.292 e. The maximum absolute atomic E-state index is 13.9. The normalized spacial score (nSPS) is 15.5. The average molecular weight is 388 g/mol. The Morgan fingerprint density at radius 1 is 1.14 bits per heavy atom. The molecule has 2 aromatic heterocycles. The molecule has 1 aromatic carbocycles. The summed E-state index contributed by atoms with van der Waals surface area (Å²) in [5.41, 5.74) is 1.38. The van der Waals surface area contributed by atoms with Gasteiger partial charge in [-0.25, -0.2) is 13.2 Å². The van der Waals surface area contributed by atoms with Crippen molar-refractivity contribution >= 4 is 11.6 Å². The van der Waals surface area contributed by atoms with Crippen LogP contribution in [0.5, 0.6) is 0 Å². The summed E-state index contributed by atoms with van der Waals surface area (Å²) in [6, 6.07) is 7.76. The second-order valence-corrected chi connectivity index (χ2v) is 7.07. The summed E-state index contributed by atoms with van der Waals surface area (Å²) < 4.78 is 42.1. The van der Waals surface area contributed by atoms with E-state index in [1.807, 2.05) is 13.0 Å². The standard InChI is InChI=1S/C20H19F3N4O/c1-12-5-6-16-24-25-19(27(16)11-12)20(28)26-9-7-13(8-10-26)14-3-2-4-15(21)17(14)18(22)23/h2-6,11,13,18H,7-10H2,1H3. The quantitative estimate of drug-likeness (QED) is 0.678. The van der Waals surface area contributed by atoms with Gasteiger partial charge in [-0.3, -0.25) is 9.20 Å². The maximum atomic E-state index is 13.9. The first-order chi connectivity index (χ1) is 13.5. The van der Waals surface area contributed by atoms with Crippen LogP contribution in [0.25, 0.3) is 5.65 Å². The lowest BCUT2D eigenvalue weighted by atomic mass is 9.86. The van der Waals surface area contributed by atoms with E-state index < -0.39 is 17.8 Å². The van der Waals surface area contributed by atoms with Gasteiger partial charge < -0.3 is 4.90 Å². The topological polar surface area (TPSA) is 50.5 Å². The number of amides is 1. The van der Waals surface area contributed by atoms with Crippen LogP contribution in [0.2, 0.25) is 0 Å². The second kappa shape index (κ2) is 7.26. The van der Waals surface area contributed by atoms with E-state index in [0.717, 1.165) is 11.6 Å². The van der Waals surface area contributed by atoms with Gasteiger partial charge in [0, 0.05) is 19.3 Å². The molecule has 4 rings (SSSR count). The number of hydrogen-bond acceptors (Lipinski definition) is 3. The molecule has 0 radical (unpaired) electrons. The summed E-state index contributed by atoms with van der Waals surface area (Å²) in [5, 5.41) is 8.03. The van der Waals surface area contributed by atoms with E-state index >= 15 is 0 Å². The zero-order valence-electron chi connectivity index (χ0n) is 15.3. The minimum Gasteiger partial charge on any atom is -0.336 e. The fraction of sp³-hybridized carbons (Fsp3) is 0.350. The highest BCUT2D eigenvalue weighted by Gasteiger charge is 2.30. The van der Waals surface area contributed by atoms with E-state index in [0.29, 0.717) is 37.1 Å². The predicted molar refractivity (Wildman–Crippen MR) is 97.0 cm³/mol. The van der Waals surface area contributed by atoms with Crippen molar-refractivity contribution in [3.8, 4) is 0 Å². The van der Waals surface area contributed by atoms with Crippen LogP contribution in [0, 0.1) is 12.7 Å². The zero-order valence-corrected chi connectivity index (χ0v) is 15.3. The SMILES string of the molecule is Cc1ccc2nnc(C(=O)N3CCC(c4cccc(F)c4C(F)F)CC3)n2c1. The lowest BCUT2D eigenvalue weighted by molar-refractivity contribution is 0.0696. The van der Waals surface area contributed by atoms with Crippen LogP contribution in [0.1, 0.15) is 52.5 Å². The number of halogens is 3. The molecule has 5 nitrogen and oxygen atoms in total. The van der Waals surface area contributed by atoms with E-state index in [4.69, 9.17) is 0 Å². The molecule has 0 saturated carbocycles. The van der Waals surface area contributed by atoms with Gasteiger partial charge in [0.2, 0.25) is 5.82 Å². The van der Waals surface area contributed by atoms with Crippen LogP contribution in [-0.4, -0.2) is 38.5 Å². The van der Waals surface area contributed by atoms with Crippen molar-refractivity contribution in [3.63, 3.8) is 0 Å². The molecule has 0 atom stereocenters. The van der Waals surface area contributed by atoms with Crippen LogP contribution in [-0.2, 0) is 0 Å². The molecule has 0 spiro atoms. The lowest BCUT2D eigenvalue weighted by Gasteiger charge is -2.32.